The van der Waals surface area contributed by atoms with Crippen LogP contribution in [0.3, 0.4) is 0 Å². The van der Waals surface area contributed by atoms with Crippen LogP contribution in [0, 0.1) is 10.1 Å². The summed E-state index contributed by atoms with van der Waals surface area (Å²) < 4.78 is 0. The Hall–Kier alpha value is -1.27. The lowest BCUT2D eigenvalue weighted by Gasteiger charge is -2.13. The molecule has 0 aliphatic rings. The maximum absolute atomic E-state index is 10.8. The van der Waals surface area contributed by atoms with Crippen molar-refractivity contribution in [1.29, 1.82) is 0 Å². The van der Waals surface area contributed by atoms with Gasteiger partial charge in [0, 0.05) is 19.2 Å². The molecule has 0 heterocycles. The highest BCUT2D eigenvalue weighted by atomic mass is 35.5. The van der Waals surface area contributed by atoms with Crippen LogP contribution in [-0.2, 0) is 0 Å². The van der Waals surface area contributed by atoms with Gasteiger partial charge >= 0.3 is 0 Å². The number of anilines is 1. The largest absolute Gasteiger partial charge is 0.306 e. The Balaban J connectivity index is 0.00000196. The molecule has 1 aromatic rings. The van der Waals surface area contributed by atoms with Crippen LogP contribution in [0.25, 0.3) is 0 Å². The van der Waals surface area contributed by atoms with Crippen molar-refractivity contribution >= 4 is 41.6 Å². The van der Waals surface area contributed by atoms with E-state index in [0.29, 0.717) is 5.69 Å². The summed E-state index contributed by atoms with van der Waals surface area (Å²) in [5.74, 6) is 0. The van der Waals surface area contributed by atoms with Gasteiger partial charge in [-0.3, -0.25) is 14.9 Å². The standard InChI is InChI=1S/C8H8N2O3S.ClH/c1-9(8(11)14)6-3-2-4-7(5-6)10(12)13;/h2-5H,1H3,(H,11,14);1H. The second-order valence-electron chi connectivity index (χ2n) is 2.62. The molecule has 82 valence electrons. The zero-order valence-corrected chi connectivity index (χ0v) is 9.49. The van der Waals surface area contributed by atoms with E-state index in [4.69, 9.17) is 0 Å². The molecule has 0 unspecified atom stereocenters. The second kappa shape index (κ2) is 5.57. The number of nitro groups is 1. The summed E-state index contributed by atoms with van der Waals surface area (Å²) in [4.78, 5) is 22.0. The normalized spacial score (nSPS) is 8.93. The molecule has 1 amide bonds. The third-order valence-electron chi connectivity index (χ3n) is 1.71. The van der Waals surface area contributed by atoms with Gasteiger partial charge < -0.3 is 4.90 Å². The zero-order valence-electron chi connectivity index (χ0n) is 7.78. The van der Waals surface area contributed by atoms with Gasteiger partial charge in [0.25, 0.3) is 10.9 Å². The van der Waals surface area contributed by atoms with Crippen molar-refractivity contribution in [3.05, 3.63) is 34.4 Å². The van der Waals surface area contributed by atoms with Crippen molar-refractivity contribution < 1.29 is 9.72 Å². The molecular formula is C8H9ClN2O3S. The molecule has 5 nitrogen and oxygen atoms in total. The predicted molar refractivity (Wildman–Crippen MR) is 63.1 cm³/mol. The Morgan fingerprint density at radius 3 is 2.60 bits per heavy atom. The highest BCUT2D eigenvalue weighted by molar-refractivity contribution is 7.96. The molecule has 0 atom stereocenters. The summed E-state index contributed by atoms with van der Waals surface area (Å²) in [6, 6.07) is 5.79. The van der Waals surface area contributed by atoms with Crippen LogP contribution >= 0.6 is 25.0 Å². The number of nitro benzene ring substituents is 1. The fourth-order valence-corrected chi connectivity index (χ4v) is 1.04. The Bertz CT molecular complexity index is 386. The topological polar surface area (TPSA) is 63.5 Å². The molecule has 7 heteroatoms. The van der Waals surface area contributed by atoms with Crippen molar-refractivity contribution in [3.8, 4) is 0 Å². The predicted octanol–water partition coefficient (Wildman–Crippen LogP) is 2.50. The summed E-state index contributed by atoms with van der Waals surface area (Å²) in [7, 11) is 1.49. The van der Waals surface area contributed by atoms with Crippen molar-refractivity contribution in [2.75, 3.05) is 11.9 Å². The minimum atomic E-state index is -0.514. The van der Waals surface area contributed by atoms with E-state index in [1.54, 1.807) is 6.07 Å². The van der Waals surface area contributed by atoms with Gasteiger partial charge in [-0.1, -0.05) is 18.7 Å². The van der Waals surface area contributed by atoms with E-state index in [-0.39, 0.29) is 18.1 Å². The van der Waals surface area contributed by atoms with Gasteiger partial charge in [0.05, 0.1) is 10.6 Å². The second-order valence-corrected chi connectivity index (χ2v) is 3.00. The molecule has 0 saturated heterocycles. The minimum absolute atomic E-state index is 0. The number of thiol groups is 1. The highest BCUT2D eigenvalue weighted by Gasteiger charge is 2.10. The SMILES string of the molecule is CN(C(=O)S)c1cccc([N+](=O)[O-])c1.Cl. The van der Waals surface area contributed by atoms with E-state index < -0.39 is 10.2 Å². The molecule has 1 rings (SSSR count). The van der Waals surface area contributed by atoms with Crippen LogP contribution in [0.2, 0.25) is 0 Å². The van der Waals surface area contributed by atoms with Crippen LogP contribution in [0.5, 0.6) is 0 Å². The van der Waals surface area contributed by atoms with Gasteiger partial charge in [0.2, 0.25) is 0 Å². The quantitative estimate of drug-likeness (QED) is 0.497. The maximum atomic E-state index is 10.8. The number of hydrogen-bond donors (Lipinski definition) is 1. The monoisotopic (exact) mass is 248 g/mol. The molecular weight excluding hydrogens is 240 g/mol. The van der Waals surface area contributed by atoms with E-state index in [0.717, 1.165) is 0 Å². The lowest BCUT2D eigenvalue weighted by molar-refractivity contribution is -0.384. The summed E-state index contributed by atoms with van der Waals surface area (Å²) in [6.07, 6.45) is 0. The molecule has 0 radical (unpaired) electrons. The van der Waals surface area contributed by atoms with Crippen LogP contribution in [-0.4, -0.2) is 17.2 Å². The van der Waals surface area contributed by atoms with Gasteiger partial charge in [-0.05, 0) is 6.07 Å². The summed E-state index contributed by atoms with van der Waals surface area (Å²) in [5, 5.41) is 9.96. The molecule has 0 aliphatic carbocycles. The van der Waals surface area contributed by atoms with E-state index >= 15 is 0 Å². The minimum Gasteiger partial charge on any atom is -0.306 e. The number of amides is 1. The first-order valence-corrected chi connectivity index (χ1v) is 4.18. The zero-order chi connectivity index (χ0) is 10.7. The lowest BCUT2D eigenvalue weighted by atomic mass is 10.3. The Kier molecular flexibility index (Phi) is 5.10. The summed E-state index contributed by atoms with van der Waals surface area (Å²) in [5.41, 5.74) is 0.392. The molecule has 0 bridgehead atoms. The number of halogens is 1. The lowest BCUT2D eigenvalue weighted by Crippen LogP contribution is -2.19. The highest BCUT2D eigenvalue weighted by Crippen LogP contribution is 2.20. The smallest absolute Gasteiger partial charge is 0.282 e. The Labute approximate surface area is 98.0 Å². The number of carbonyl (C=O) groups is 1. The molecule has 0 spiro atoms. The van der Waals surface area contributed by atoms with Crippen LogP contribution in [0.1, 0.15) is 0 Å². The van der Waals surface area contributed by atoms with Gasteiger partial charge in [-0.25, -0.2) is 0 Å². The van der Waals surface area contributed by atoms with E-state index in [1.807, 2.05) is 0 Å². The molecule has 0 aliphatic heterocycles. The van der Waals surface area contributed by atoms with Crippen molar-refractivity contribution in [3.63, 3.8) is 0 Å². The van der Waals surface area contributed by atoms with Crippen LogP contribution < -0.4 is 4.90 Å². The summed E-state index contributed by atoms with van der Waals surface area (Å²) in [6.45, 7) is 0. The molecule has 15 heavy (non-hydrogen) atoms. The van der Waals surface area contributed by atoms with Gasteiger partial charge in [0.15, 0.2) is 0 Å². The first-order valence-electron chi connectivity index (χ1n) is 3.73. The molecule has 0 fully saturated rings. The average molecular weight is 249 g/mol. The van der Waals surface area contributed by atoms with Gasteiger partial charge in [0.1, 0.15) is 0 Å². The van der Waals surface area contributed by atoms with Crippen LogP contribution in [0.15, 0.2) is 24.3 Å². The molecule has 0 aromatic heterocycles. The summed E-state index contributed by atoms with van der Waals surface area (Å²) >= 11 is 3.61. The Morgan fingerprint density at radius 1 is 1.53 bits per heavy atom. The van der Waals surface area contributed by atoms with Crippen LogP contribution in [0.4, 0.5) is 16.2 Å². The fraction of sp³-hybridized carbons (Fsp3) is 0.125. The first-order chi connectivity index (χ1) is 6.52. The van der Waals surface area contributed by atoms with E-state index in [1.165, 1.54) is 30.1 Å². The number of rotatable bonds is 2. The maximum Gasteiger partial charge on any atom is 0.282 e. The third kappa shape index (κ3) is 3.41. The Morgan fingerprint density at radius 2 is 2.13 bits per heavy atom. The fourth-order valence-electron chi connectivity index (χ4n) is 0.926. The molecule has 0 saturated carbocycles. The molecule has 0 N–H and O–H groups in total. The van der Waals surface area contributed by atoms with Crippen molar-refractivity contribution in [1.82, 2.24) is 0 Å². The number of hydrogen-bond acceptors (Lipinski definition) is 3. The average Bonchev–Trinajstić information content (AvgIpc) is 2.16. The van der Waals surface area contributed by atoms with Crippen molar-refractivity contribution in [2.24, 2.45) is 0 Å². The number of carbonyl (C=O) groups excluding carboxylic acids is 1. The first kappa shape index (κ1) is 13.7. The number of non-ortho nitro benzene ring substituents is 1. The number of nitrogens with zero attached hydrogens (tertiary/aromatic N) is 2. The third-order valence-corrected chi connectivity index (χ3v) is 2.01. The van der Waals surface area contributed by atoms with Gasteiger partial charge in [-0.2, -0.15) is 0 Å². The van der Waals surface area contributed by atoms with Gasteiger partial charge in [-0.15, -0.1) is 12.4 Å². The molecule has 1 aromatic carbocycles. The van der Waals surface area contributed by atoms with Crippen molar-refractivity contribution in [2.45, 2.75) is 0 Å². The number of benzene rings is 1. The van der Waals surface area contributed by atoms with E-state index in [2.05, 4.69) is 12.6 Å². The van der Waals surface area contributed by atoms with E-state index in [9.17, 15) is 14.9 Å².